The van der Waals surface area contributed by atoms with Gasteiger partial charge in [-0.05, 0) is 86.7 Å². The van der Waals surface area contributed by atoms with Crippen molar-refractivity contribution in [1.29, 1.82) is 0 Å². The van der Waals surface area contributed by atoms with Crippen LogP contribution in [0.2, 0.25) is 0 Å². The average molecular weight is 494 g/mol. The number of hydrogen-bond acceptors (Lipinski definition) is 5. The second-order valence-electron chi connectivity index (χ2n) is 9.64. The van der Waals surface area contributed by atoms with Gasteiger partial charge in [-0.15, -0.1) is 0 Å². The number of fused-ring (bicyclic) bond motifs is 1. The molecule has 1 aromatic heterocycles. The number of benzene rings is 3. The van der Waals surface area contributed by atoms with Crippen LogP contribution >= 0.6 is 0 Å². The van der Waals surface area contributed by atoms with E-state index in [2.05, 4.69) is 53.6 Å². The molecule has 37 heavy (non-hydrogen) atoms. The highest BCUT2D eigenvalue weighted by molar-refractivity contribution is 6.06. The smallest absolute Gasteiger partial charge is 0.255 e. The molecule has 0 spiro atoms. The number of allylic oxidation sites excluding steroid dienone is 1. The van der Waals surface area contributed by atoms with E-state index in [1.54, 1.807) is 4.68 Å². The number of aromatic nitrogens is 3. The molecule has 2 N–H and O–H groups in total. The van der Waals surface area contributed by atoms with Crippen LogP contribution in [0.5, 0.6) is 5.75 Å². The summed E-state index contributed by atoms with van der Waals surface area (Å²) in [4.78, 5) is 17.8. The van der Waals surface area contributed by atoms with Gasteiger partial charge in [-0.25, -0.2) is 4.68 Å². The number of amides is 1. The lowest BCUT2D eigenvalue weighted by atomic mass is 9.95. The van der Waals surface area contributed by atoms with E-state index in [4.69, 9.17) is 4.74 Å². The molecule has 7 nitrogen and oxygen atoms in total. The largest absolute Gasteiger partial charge is 0.489 e. The summed E-state index contributed by atoms with van der Waals surface area (Å²) in [6.07, 6.45) is 1.49. The molecule has 2 heterocycles. The molecule has 0 radical (unpaired) electrons. The van der Waals surface area contributed by atoms with Crippen molar-refractivity contribution in [2.24, 2.45) is 0 Å². The predicted octanol–water partition coefficient (Wildman–Crippen LogP) is 6.02. The highest BCUT2D eigenvalue weighted by Gasteiger charge is 2.33. The van der Waals surface area contributed by atoms with Crippen LogP contribution < -0.4 is 15.4 Å². The van der Waals surface area contributed by atoms with Crippen LogP contribution in [0, 0.1) is 27.7 Å². The Balaban J connectivity index is 1.40. The maximum Gasteiger partial charge on any atom is 0.255 e. The van der Waals surface area contributed by atoms with Gasteiger partial charge in [-0.1, -0.05) is 42.0 Å². The molecular formula is C30H31N5O2. The van der Waals surface area contributed by atoms with Gasteiger partial charge in [0.25, 0.3) is 5.91 Å². The normalized spacial score (nSPS) is 14.7. The zero-order chi connectivity index (χ0) is 26.1. The van der Waals surface area contributed by atoms with E-state index in [-0.39, 0.29) is 5.91 Å². The lowest BCUT2D eigenvalue weighted by molar-refractivity contribution is -0.113. The zero-order valence-electron chi connectivity index (χ0n) is 21.8. The molecule has 7 heteroatoms. The van der Waals surface area contributed by atoms with Crippen molar-refractivity contribution in [1.82, 2.24) is 14.8 Å². The number of hydrogen-bond donors (Lipinski definition) is 2. The fraction of sp³-hybridized carbons (Fsp3) is 0.233. The molecule has 1 aliphatic heterocycles. The van der Waals surface area contributed by atoms with Crippen molar-refractivity contribution in [2.45, 2.75) is 47.3 Å². The second-order valence-corrected chi connectivity index (χ2v) is 9.64. The number of anilines is 2. The van der Waals surface area contributed by atoms with E-state index in [1.165, 1.54) is 28.6 Å². The zero-order valence-corrected chi connectivity index (χ0v) is 21.8. The fourth-order valence-corrected chi connectivity index (χ4v) is 4.61. The van der Waals surface area contributed by atoms with Gasteiger partial charge in [0.05, 0.1) is 5.57 Å². The minimum atomic E-state index is -0.430. The van der Waals surface area contributed by atoms with Crippen molar-refractivity contribution in [3.8, 4) is 5.75 Å². The van der Waals surface area contributed by atoms with Crippen molar-refractivity contribution < 1.29 is 9.53 Å². The molecule has 0 saturated carbocycles. The fourth-order valence-electron chi connectivity index (χ4n) is 4.61. The molecule has 0 fully saturated rings. The predicted molar refractivity (Wildman–Crippen MR) is 146 cm³/mol. The van der Waals surface area contributed by atoms with Crippen LogP contribution in [-0.4, -0.2) is 20.7 Å². The van der Waals surface area contributed by atoms with Crippen molar-refractivity contribution >= 4 is 17.5 Å². The molecule has 1 aliphatic rings. The Morgan fingerprint density at radius 1 is 0.946 bits per heavy atom. The summed E-state index contributed by atoms with van der Waals surface area (Å²) in [6, 6.07) is 19.5. The Hall–Kier alpha value is -4.39. The average Bonchev–Trinajstić information content (AvgIpc) is 3.34. The van der Waals surface area contributed by atoms with Crippen LogP contribution in [0.3, 0.4) is 0 Å². The molecular weight excluding hydrogens is 462 g/mol. The molecule has 0 bridgehead atoms. The van der Waals surface area contributed by atoms with Crippen molar-refractivity contribution in [3.05, 3.63) is 112 Å². The summed E-state index contributed by atoms with van der Waals surface area (Å²) in [5, 5.41) is 10.7. The summed E-state index contributed by atoms with van der Waals surface area (Å²) in [5.41, 5.74) is 9.04. The number of aryl methyl sites for hydroxylation is 4. The van der Waals surface area contributed by atoms with E-state index < -0.39 is 6.04 Å². The second kappa shape index (κ2) is 9.93. The van der Waals surface area contributed by atoms with Gasteiger partial charge < -0.3 is 15.4 Å². The van der Waals surface area contributed by atoms with E-state index in [9.17, 15) is 4.79 Å². The maximum atomic E-state index is 13.5. The van der Waals surface area contributed by atoms with Crippen LogP contribution in [0.1, 0.15) is 46.3 Å². The molecule has 5 rings (SSSR count). The van der Waals surface area contributed by atoms with E-state index in [1.807, 2.05) is 62.4 Å². The number of carbonyl (C=O) groups is 1. The van der Waals surface area contributed by atoms with Gasteiger partial charge in [0.15, 0.2) is 0 Å². The third-order valence-corrected chi connectivity index (χ3v) is 6.89. The van der Waals surface area contributed by atoms with Gasteiger partial charge in [0.2, 0.25) is 5.95 Å². The number of nitrogens with zero attached hydrogens (tertiary/aromatic N) is 3. The first-order chi connectivity index (χ1) is 17.8. The molecule has 0 saturated heterocycles. The molecule has 1 unspecified atom stereocenters. The standard InChI is InChI=1S/C30H31N5O2/c1-18-6-10-25(11-7-18)34-29(36)27-22(5)33-30-31-17-32-35(30)28(27)23-8-12-26(13-9-23)37-16-24-15-20(3)19(2)14-21(24)4/h6-15,17,28H,16H2,1-5H3,(H,34,36)(H,31,32,33). The summed E-state index contributed by atoms with van der Waals surface area (Å²) >= 11 is 0. The highest BCUT2D eigenvalue weighted by Crippen LogP contribution is 2.36. The Morgan fingerprint density at radius 2 is 1.65 bits per heavy atom. The van der Waals surface area contributed by atoms with Crippen LogP contribution in [0.4, 0.5) is 11.6 Å². The molecule has 0 aliphatic carbocycles. The molecule has 1 atom stereocenters. The van der Waals surface area contributed by atoms with Gasteiger partial charge in [0.1, 0.15) is 24.7 Å². The topological polar surface area (TPSA) is 81.1 Å². The Kier molecular flexibility index (Phi) is 6.53. The van der Waals surface area contributed by atoms with E-state index >= 15 is 0 Å². The SMILES string of the molecule is CC1=C(C(=O)Nc2ccc(C)cc2)C(c2ccc(OCc3cc(C)c(C)cc3C)cc2)n2ncnc2N1. The summed E-state index contributed by atoms with van der Waals surface area (Å²) in [5.74, 6) is 1.17. The lowest BCUT2D eigenvalue weighted by Crippen LogP contribution is -2.31. The third kappa shape index (κ3) is 4.98. The molecule has 1 amide bonds. The maximum absolute atomic E-state index is 13.5. The first-order valence-electron chi connectivity index (χ1n) is 12.3. The van der Waals surface area contributed by atoms with E-state index in [0.29, 0.717) is 18.1 Å². The first kappa shape index (κ1) is 24.3. The number of nitrogens with one attached hydrogen (secondary N) is 2. The van der Waals surface area contributed by atoms with Gasteiger partial charge in [0, 0.05) is 11.4 Å². The van der Waals surface area contributed by atoms with E-state index in [0.717, 1.165) is 28.3 Å². The van der Waals surface area contributed by atoms with Crippen LogP contribution in [0.15, 0.2) is 78.3 Å². The van der Waals surface area contributed by atoms with Gasteiger partial charge >= 0.3 is 0 Å². The summed E-state index contributed by atoms with van der Waals surface area (Å²) < 4.78 is 7.85. The number of rotatable bonds is 6. The quantitative estimate of drug-likeness (QED) is 0.343. The van der Waals surface area contributed by atoms with Gasteiger partial charge in [-0.2, -0.15) is 10.1 Å². The highest BCUT2D eigenvalue weighted by atomic mass is 16.5. The minimum Gasteiger partial charge on any atom is -0.489 e. The van der Waals surface area contributed by atoms with Crippen LogP contribution in [0.25, 0.3) is 0 Å². The van der Waals surface area contributed by atoms with Crippen molar-refractivity contribution in [3.63, 3.8) is 0 Å². The van der Waals surface area contributed by atoms with Gasteiger partial charge in [-0.3, -0.25) is 4.79 Å². The molecule has 4 aromatic rings. The van der Waals surface area contributed by atoms with Crippen molar-refractivity contribution in [2.75, 3.05) is 10.6 Å². The monoisotopic (exact) mass is 493 g/mol. The number of carbonyl (C=O) groups excluding carboxylic acids is 1. The molecule has 188 valence electrons. The third-order valence-electron chi connectivity index (χ3n) is 6.89. The number of ether oxygens (including phenoxy) is 1. The lowest BCUT2D eigenvalue weighted by Gasteiger charge is -2.28. The van der Waals surface area contributed by atoms with Crippen LogP contribution in [-0.2, 0) is 11.4 Å². The summed E-state index contributed by atoms with van der Waals surface area (Å²) in [7, 11) is 0. The first-order valence-corrected chi connectivity index (χ1v) is 12.3. The Bertz CT molecular complexity index is 1480. The summed E-state index contributed by atoms with van der Waals surface area (Å²) in [6.45, 7) is 10.8. The Morgan fingerprint density at radius 3 is 2.38 bits per heavy atom. The molecule has 3 aromatic carbocycles. The Labute approximate surface area is 217 Å². The minimum absolute atomic E-state index is 0.189.